The summed E-state index contributed by atoms with van der Waals surface area (Å²) < 4.78 is 0. The molecule has 4 heteroatoms. The second kappa shape index (κ2) is 10.8. The standard InChI is InChI=1S/C18H27NO3/c1-2-3-4-5-6-10-13-17(20)19-16(18(21)22)14-15-11-8-7-9-12-15/h7-9,11-12,16H,2-6,10,13-14H2,1H3,(H,19,20)(H,21,22). The lowest BCUT2D eigenvalue weighted by Crippen LogP contribution is -2.42. The quantitative estimate of drug-likeness (QED) is 0.614. The third-order valence-electron chi connectivity index (χ3n) is 3.67. The highest BCUT2D eigenvalue weighted by atomic mass is 16.4. The summed E-state index contributed by atoms with van der Waals surface area (Å²) in [5, 5.41) is 11.9. The summed E-state index contributed by atoms with van der Waals surface area (Å²) in [6, 6.07) is 8.51. The number of carbonyl (C=O) groups is 2. The molecular formula is C18H27NO3. The largest absolute Gasteiger partial charge is 0.480 e. The molecule has 1 rings (SSSR count). The van der Waals surface area contributed by atoms with E-state index in [-0.39, 0.29) is 5.91 Å². The van der Waals surface area contributed by atoms with Crippen LogP contribution in [0.1, 0.15) is 57.4 Å². The SMILES string of the molecule is CCCCCCCCC(=O)NC(Cc1ccccc1)C(=O)O. The number of hydrogen-bond acceptors (Lipinski definition) is 2. The number of amides is 1. The van der Waals surface area contributed by atoms with Gasteiger partial charge < -0.3 is 10.4 Å². The van der Waals surface area contributed by atoms with Crippen LogP contribution in [0.5, 0.6) is 0 Å². The number of carboxylic acids is 1. The van der Waals surface area contributed by atoms with E-state index in [2.05, 4.69) is 12.2 Å². The van der Waals surface area contributed by atoms with Crippen molar-refractivity contribution in [2.24, 2.45) is 0 Å². The molecule has 0 saturated carbocycles. The minimum atomic E-state index is -0.986. The van der Waals surface area contributed by atoms with Gasteiger partial charge in [0.1, 0.15) is 6.04 Å². The Morgan fingerprint density at radius 1 is 1.05 bits per heavy atom. The van der Waals surface area contributed by atoms with Crippen LogP contribution in [0.4, 0.5) is 0 Å². The average Bonchev–Trinajstić information content (AvgIpc) is 2.51. The van der Waals surface area contributed by atoms with Crippen molar-refractivity contribution in [1.82, 2.24) is 5.32 Å². The maximum atomic E-state index is 11.9. The molecule has 1 aromatic carbocycles. The van der Waals surface area contributed by atoms with E-state index in [4.69, 9.17) is 0 Å². The third kappa shape index (κ3) is 7.81. The second-order valence-electron chi connectivity index (χ2n) is 5.67. The molecule has 0 aliphatic heterocycles. The average molecular weight is 305 g/mol. The van der Waals surface area contributed by atoms with Crippen molar-refractivity contribution in [2.75, 3.05) is 0 Å². The fourth-order valence-electron chi connectivity index (χ4n) is 2.38. The van der Waals surface area contributed by atoms with Gasteiger partial charge in [0.05, 0.1) is 0 Å². The number of aliphatic carboxylic acids is 1. The van der Waals surface area contributed by atoms with Crippen molar-refractivity contribution < 1.29 is 14.7 Å². The maximum Gasteiger partial charge on any atom is 0.326 e. The summed E-state index contributed by atoms with van der Waals surface area (Å²) in [6.07, 6.45) is 7.39. The molecule has 2 N–H and O–H groups in total. The molecule has 1 amide bonds. The van der Waals surface area contributed by atoms with Crippen molar-refractivity contribution in [3.63, 3.8) is 0 Å². The number of carboxylic acid groups (broad SMARTS) is 1. The zero-order chi connectivity index (χ0) is 16.2. The molecule has 4 nitrogen and oxygen atoms in total. The first-order valence-electron chi connectivity index (χ1n) is 8.19. The predicted molar refractivity (Wildman–Crippen MR) is 87.7 cm³/mol. The van der Waals surface area contributed by atoms with E-state index in [1.54, 1.807) is 0 Å². The van der Waals surface area contributed by atoms with Gasteiger partial charge in [0.2, 0.25) is 5.91 Å². The zero-order valence-electron chi connectivity index (χ0n) is 13.4. The molecule has 1 atom stereocenters. The minimum absolute atomic E-state index is 0.168. The van der Waals surface area contributed by atoms with Gasteiger partial charge in [-0.1, -0.05) is 69.4 Å². The van der Waals surface area contributed by atoms with Crippen molar-refractivity contribution in [3.8, 4) is 0 Å². The van der Waals surface area contributed by atoms with Gasteiger partial charge in [-0.05, 0) is 12.0 Å². The Kier molecular flexibility index (Phi) is 8.96. The molecule has 0 bridgehead atoms. The predicted octanol–water partition coefficient (Wildman–Crippen LogP) is 3.55. The topological polar surface area (TPSA) is 66.4 Å². The van der Waals surface area contributed by atoms with E-state index < -0.39 is 12.0 Å². The van der Waals surface area contributed by atoms with Crippen molar-refractivity contribution in [2.45, 2.75) is 64.3 Å². The van der Waals surface area contributed by atoms with Crippen LogP contribution in [-0.2, 0) is 16.0 Å². The van der Waals surface area contributed by atoms with Gasteiger partial charge in [-0.3, -0.25) is 4.79 Å². The first-order valence-corrected chi connectivity index (χ1v) is 8.19. The highest BCUT2D eigenvalue weighted by Crippen LogP contribution is 2.08. The monoisotopic (exact) mass is 305 g/mol. The Labute approximate surface area is 132 Å². The van der Waals surface area contributed by atoms with Crippen molar-refractivity contribution in [1.29, 1.82) is 0 Å². The molecule has 0 saturated heterocycles. The number of carbonyl (C=O) groups excluding carboxylic acids is 1. The number of nitrogens with one attached hydrogen (secondary N) is 1. The van der Waals surface area contributed by atoms with E-state index in [0.717, 1.165) is 24.8 Å². The lowest BCUT2D eigenvalue weighted by Gasteiger charge is -2.14. The molecule has 0 aliphatic rings. The molecule has 0 aliphatic carbocycles. The molecule has 0 radical (unpaired) electrons. The van der Waals surface area contributed by atoms with Crippen LogP contribution in [-0.4, -0.2) is 23.0 Å². The van der Waals surface area contributed by atoms with Crippen LogP contribution < -0.4 is 5.32 Å². The fraction of sp³-hybridized carbons (Fsp3) is 0.556. The van der Waals surface area contributed by atoms with Gasteiger partial charge in [-0.25, -0.2) is 4.79 Å². The molecule has 122 valence electrons. The Morgan fingerprint density at radius 2 is 1.68 bits per heavy atom. The lowest BCUT2D eigenvalue weighted by molar-refractivity contribution is -0.141. The van der Waals surface area contributed by atoms with Gasteiger partial charge in [-0.2, -0.15) is 0 Å². The van der Waals surface area contributed by atoms with E-state index in [1.165, 1.54) is 19.3 Å². The third-order valence-corrected chi connectivity index (χ3v) is 3.67. The first-order chi connectivity index (χ1) is 10.6. The molecule has 1 unspecified atom stereocenters. The second-order valence-corrected chi connectivity index (χ2v) is 5.67. The van der Waals surface area contributed by atoms with Gasteiger partial charge in [0.25, 0.3) is 0 Å². The van der Waals surface area contributed by atoms with Gasteiger partial charge in [0, 0.05) is 12.8 Å². The van der Waals surface area contributed by atoms with E-state index in [0.29, 0.717) is 12.8 Å². The van der Waals surface area contributed by atoms with Gasteiger partial charge in [0.15, 0.2) is 0 Å². The van der Waals surface area contributed by atoms with Crippen molar-refractivity contribution in [3.05, 3.63) is 35.9 Å². The summed E-state index contributed by atoms with van der Waals surface area (Å²) in [5.74, 6) is -1.15. The summed E-state index contributed by atoms with van der Waals surface area (Å²) in [5.41, 5.74) is 0.912. The van der Waals surface area contributed by atoms with Gasteiger partial charge in [-0.15, -0.1) is 0 Å². The van der Waals surface area contributed by atoms with Crippen LogP contribution in [0.25, 0.3) is 0 Å². The van der Waals surface area contributed by atoms with Crippen LogP contribution in [0, 0.1) is 0 Å². The van der Waals surface area contributed by atoms with E-state index in [9.17, 15) is 14.7 Å². The summed E-state index contributed by atoms with van der Waals surface area (Å²) in [6.45, 7) is 2.17. The summed E-state index contributed by atoms with van der Waals surface area (Å²) in [7, 11) is 0. The Morgan fingerprint density at radius 3 is 2.32 bits per heavy atom. The number of unbranched alkanes of at least 4 members (excludes halogenated alkanes) is 5. The van der Waals surface area contributed by atoms with Crippen LogP contribution >= 0.6 is 0 Å². The molecule has 22 heavy (non-hydrogen) atoms. The zero-order valence-corrected chi connectivity index (χ0v) is 13.4. The Bertz CT molecular complexity index is 445. The number of hydrogen-bond donors (Lipinski definition) is 2. The maximum absolute atomic E-state index is 11.9. The fourth-order valence-corrected chi connectivity index (χ4v) is 2.38. The number of benzene rings is 1. The smallest absolute Gasteiger partial charge is 0.326 e. The Hall–Kier alpha value is -1.84. The molecule has 0 aromatic heterocycles. The van der Waals surface area contributed by atoms with Gasteiger partial charge >= 0.3 is 5.97 Å². The molecule has 1 aromatic rings. The molecular weight excluding hydrogens is 278 g/mol. The van der Waals surface area contributed by atoms with Crippen LogP contribution in [0.3, 0.4) is 0 Å². The molecule has 0 heterocycles. The van der Waals surface area contributed by atoms with Crippen LogP contribution in [0.15, 0.2) is 30.3 Å². The molecule has 0 spiro atoms. The van der Waals surface area contributed by atoms with E-state index >= 15 is 0 Å². The summed E-state index contributed by atoms with van der Waals surface area (Å²) in [4.78, 5) is 23.1. The first kappa shape index (κ1) is 18.2. The normalized spacial score (nSPS) is 11.9. The molecule has 0 fully saturated rings. The van der Waals surface area contributed by atoms with E-state index in [1.807, 2.05) is 30.3 Å². The van der Waals surface area contributed by atoms with Crippen molar-refractivity contribution >= 4 is 11.9 Å². The lowest BCUT2D eigenvalue weighted by atomic mass is 10.1. The highest BCUT2D eigenvalue weighted by Gasteiger charge is 2.19. The van der Waals surface area contributed by atoms with Crippen LogP contribution in [0.2, 0.25) is 0 Å². The summed E-state index contributed by atoms with van der Waals surface area (Å²) >= 11 is 0. The minimum Gasteiger partial charge on any atom is -0.480 e. The highest BCUT2D eigenvalue weighted by molar-refractivity contribution is 5.83. The Balaban J connectivity index is 2.30. The number of rotatable bonds is 11.